The minimum atomic E-state index is 0.0857. The van der Waals surface area contributed by atoms with Gasteiger partial charge in [-0.05, 0) is 12.0 Å². The smallest absolute Gasteiger partial charge is 0.133 e. The second-order valence-electron chi connectivity index (χ2n) is 3.87. The van der Waals surface area contributed by atoms with Crippen molar-refractivity contribution in [3.8, 4) is 0 Å². The number of nitrogens with zero attached hydrogens (tertiary/aromatic N) is 1. The Labute approximate surface area is 94.6 Å². The van der Waals surface area contributed by atoms with E-state index < -0.39 is 0 Å². The van der Waals surface area contributed by atoms with Crippen LogP contribution in [0.5, 0.6) is 0 Å². The molecule has 0 spiro atoms. The van der Waals surface area contributed by atoms with Crippen molar-refractivity contribution in [2.75, 3.05) is 0 Å². The summed E-state index contributed by atoms with van der Waals surface area (Å²) in [5.74, 6) is 0.0857. The molecular weight excluding hydrogens is 202 g/mol. The van der Waals surface area contributed by atoms with Crippen molar-refractivity contribution < 1.29 is 4.84 Å². The van der Waals surface area contributed by atoms with Gasteiger partial charge in [0.15, 0.2) is 0 Å². The molecule has 1 aromatic carbocycles. The average Bonchev–Trinajstić information content (AvgIpc) is 2.77. The van der Waals surface area contributed by atoms with Crippen molar-refractivity contribution in [1.82, 2.24) is 0 Å². The van der Waals surface area contributed by atoms with Gasteiger partial charge in [0.1, 0.15) is 11.9 Å². The number of rotatable bonds is 3. The lowest BCUT2D eigenvalue weighted by molar-refractivity contribution is 0.0829. The fraction of sp³-hybridized carbons (Fsp3) is 0.333. The first-order valence-corrected chi connectivity index (χ1v) is 5.38. The van der Waals surface area contributed by atoms with Crippen LogP contribution in [0.1, 0.15) is 30.9 Å². The van der Waals surface area contributed by atoms with Crippen LogP contribution in [0.3, 0.4) is 0 Å². The van der Waals surface area contributed by atoms with E-state index >= 15 is 0 Å². The minimum absolute atomic E-state index is 0.0857. The third kappa shape index (κ3) is 2.05. The molecule has 1 unspecified atom stereocenters. The van der Waals surface area contributed by atoms with Gasteiger partial charge in [0, 0.05) is 12.0 Å². The van der Waals surface area contributed by atoms with Crippen LogP contribution in [0.15, 0.2) is 29.4 Å². The molecule has 2 rings (SSSR count). The van der Waals surface area contributed by atoms with E-state index in [1.807, 2.05) is 24.3 Å². The van der Waals surface area contributed by atoms with E-state index in [4.69, 9.17) is 16.0 Å². The standard InChI is InChI=1S/C12H15N3O/c1-2-10-7-11(15-16-10)8-3-5-9(6-4-8)12(13)14/h3-6,10H,2,7H2,1H3,(H3,13,14). The van der Waals surface area contributed by atoms with E-state index in [2.05, 4.69) is 12.1 Å². The molecule has 84 valence electrons. The average molecular weight is 217 g/mol. The van der Waals surface area contributed by atoms with E-state index in [1.54, 1.807) is 0 Å². The largest absolute Gasteiger partial charge is 0.392 e. The molecule has 4 nitrogen and oxygen atoms in total. The van der Waals surface area contributed by atoms with Crippen molar-refractivity contribution in [2.45, 2.75) is 25.9 Å². The first-order valence-electron chi connectivity index (χ1n) is 5.38. The van der Waals surface area contributed by atoms with Crippen LogP contribution in [0, 0.1) is 5.41 Å². The number of amidine groups is 1. The monoisotopic (exact) mass is 217 g/mol. The summed E-state index contributed by atoms with van der Waals surface area (Å²) in [4.78, 5) is 5.27. The predicted octanol–water partition coefficient (Wildman–Crippen LogP) is 1.87. The summed E-state index contributed by atoms with van der Waals surface area (Å²) >= 11 is 0. The molecule has 1 heterocycles. The number of benzene rings is 1. The van der Waals surface area contributed by atoms with Gasteiger partial charge in [0.25, 0.3) is 0 Å². The van der Waals surface area contributed by atoms with Gasteiger partial charge < -0.3 is 10.6 Å². The Morgan fingerprint density at radius 3 is 2.69 bits per heavy atom. The molecule has 0 fully saturated rings. The quantitative estimate of drug-likeness (QED) is 0.599. The fourth-order valence-electron chi connectivity index (χ4n) is 1.66. The summed E-state index contributed by atoms with van der Waals surface area (Å²) in [5.41, 5.74) is 8.14. The molecule has 0 amide bonds. The molecule has 0 saturated heterocycles. The first kappa shape index (κ1) is 10.7. The Morgan fingerprint density at radius 1 is 1.50 bits per heavy atom. The lowest BCUT2D eigenvalue weighted by atomic mass is 10.0. The normalized spacial score (nSPS) is 19.1. The van der Waals surface area contributed by atoms with E-state index in [0.29, 0.717) is 0 Å². The van der Waals surface area contributed by atoms with Crippen molar-refractivity contribution >= 4 is 11.5 Å². The SMILES string of the molecule is CCC1CC(c2ccc(C(=N)N)cc2)=NO1. The predicted molar refractivity (Wildman–Crippen MR) is 63.8 cm³/mol. The zero-order valence-electron chi connectivity index (χ0n) is 9.23. The van der Waals surface area contributed by atoms with Crippen molar-refractivity contribution in [3.63, 3.8) is 0 Å². The Hall–Kier alpha value is -1.84. The van der Waals surface area contributed by atoms with Crippen LogP contribution >= 0.6 is 0 Å². The molecule has 0 saturated carbocycles. The highest BCUT2D eigenvalue weighted by Crippen LogP contribution is 2.18. The highest BCUT2D eigenvalue weighted by molar-refractivity contribution is 6.02. The number of nitrogen functional groups attached to an aromatic ring is 1. The second-order valence-corrected chi connectivity index (χ2v) is 3.87. The number of hydrogen-bond acceptors (Lipinski definition) is 3. The molecular formula is C12H15N3O. The zero-order valence-corrected chi connectivity index (χ0v) is 9.23. The lowest BCUT2D eigenvalue weighted by Gasteiger charge is -2.03. The molecule has 1 aliphatic rings. The number of nitrogens with one attached hydrogen (secondary N) is 1. The third-order valence-corrected chi connectivity index (χ3v) is 2.72. The van der Waals surface area contributed by atoms with Gasteiger partial charge in [-0.1, -0.05) is 36.3 Å². The third-order valence-electron chi connectivity index (χ3n) is 2.72. The summed E-state index contributed by atoms with van der Waals surface area (Å²) in [6.45, 7) is 2.09. The maximum Gasteiger partial charge on any atom is 0.133 e. The molecule has 0 radical (unpaired) electrons. The maximum absolute atomic E-state index is 7.30. The van der Waals surface area contributed by atoms with Crippen LogP contribution in [0.25, 0.3) is 0 Å². The van der Waals surface area contributed by atoms with Gasteiger partial charge in [0.2, 0.25) is 0 Å². The molecule has 1 atom stereocenters. The van der Waals surface area contributed by atoms with Gasteiger partial charge in [0.05, 0.1) is 5.71 Å². The number of hydrogen-bond donors (Lipinski definition) is 2. The summed E-state index contributed by atoms with van der Waals surface area (Å²) in [6, 6.07) is 7.52. The first-order chi connectivity index (χ1) is 7.70. The summed E-state index contributed by atoms with van der Waals surface area (Å²) in [5, 5.41) is 11.4. The Balaban J connectivity index is 2.14. The Kier molecular flexibility index (Phi) is 2.90. The van der Waals surface area contributed by atoms with Crippen LogP contribution < -0.4 is 5.73 Å². The van der Waals surface area contributed by atoms with Crippen LogP contribution in [0.4, 0.5) is 0 Å². The van der Waals surface area contributed by atoms with Crippen molar-refractivity contribution in [2.24, 2.45) is 10.9 Å². The van der Waals surface area contributed by atoms with Crippen LogP contribution in [-0.4, -0.2) is 17.7 Å². The van der Waals surface area contributed by atoms with Gasteiger partial charge in [-0.2, -0.15) is 0 Å². The highest BCUT2D eigenvalue weighted by Gasteiger charge is 2.20. The molecule has 4 heteroatoms. The summed E-state index contributed by atoms with van der Waals surface area (Å²) in [6.07, 6.45) is 2.04. The zero-order chi connectivity index (χ0) is 11.5. The lowest BCUT2D eigenvalue weighted by Crippen LogP contribution is -2.11. The molecule has 0 aliphatic carbocycles. The number of oxime groups is 1. The summed E-state index contributed by atoms with van der Waals surface area (Å²) < 4.78 is 0. The molecule has 1 aliphatic heterocycles. The molecule has 3 N–H and O–H groups in total. The molecule has 0 bridgehead atoms. The van der Waals surface area contributed by atoms with E-state index in [-0.39, 0.29) is 11.9 Å². The fourth-order valence-corrected chi connectivity index (χ4v) is 1.66. The van der Waals surface area contributed by atoms with Crippen LogP contribution in [0.2, 0.25) is 0 Å². The van der Waals surface area contributed by atoms with Crippen molar-refractivity contribution in [3.05, 3.63) is 35.4 Å². The molecule has 16 heavy (non-hydrogen) atoms. The topological polar surface area (TPSA) is 71.5 Å². The van der Waals surface area contributed by atoms with Crippen LogP contribution in [-0.2, 0) is 4.84 Å². The second kappa shape index (κ2) is 4.35. The van der Waals surface area contributed by atoms with Gasteiger partial charge in [-0.15, -0.1) is 0 Å². The van der Waals surface area contributed by atoms with E-state index in [1.165, 1.54) is 0 Å². The molecule has 0 aromatic heterocycles. The van der Waals surface area contributed by atoms with Gasteiger partial charge >= 0.3 is 0 Å². The summed E-state index contributed by atoms with van der Waals surface area (Å²) in [7, 11) is 0. The minimum Gasteiger partial charge on any atom is -0.392 e. The molecule has 1 aromatic rings. The van der Waals surface area contributed by atoms with E-state index in [0.717, 1.165) is 29.7 Å². The van der Waals surface area contributed by atoms with Gasteiger partial charge in [-0.25, -0.2) is 0 Å². The number of nitrogens with two attached hydrogens (primary N) is 1. The Morgan fingerprint density at radius 2 is 2.19 bits per heavy atom. The maximum atomic E-state index is 7.30. The van der Waals surface area contributed by atoms with Crippen molar-refractivity contribution in [1.29, 1.82) is 5.41 Å². The van der Waals surface area contributed by atoms with Gasteiger partial charge in [-0.3, -0.25) is 5.41 Å². The van der Waals surface area contributed by atoms with E-state index in [9.17, 15) is 0 Å². The highest BCUT2D eigenvalue weighted by atomic mass is 16.6. The Bertz CT molecular complexity index is 422.